The van der Waals surface area contributed by atoms with E-state index in [2.05, 4.69) is 15.6 Å². The van der Waals surface area contributed by atoms with Crippen molar-refractivity contribution in [3.05, 3.63) is 59.9 Å². The molecule has 0 bridgehead atoms. The molecule has 0 atom stereocenters. The van der Waals surface area contributed by atoms with Crippen molar-refractivity contribution < 1.29 is 13.6 Å². The van der Waals surface area contributed by atoms with Crippen LogP contribution in [0.4, 0.5) is 14.5 Å². The number of pyridine rings is 1. The van der Waals surface area contributed by atoms with E-state index >= 15 is 0 Å². The Labute approximate surface area is 121 Å². The monoisotopic (exact) mass is 291 g/mol. The van der Waals surface area contributed by atoms with Crippen LogP contribution in [-0.2, 0) is 11.3 Å². The van der Waals surface area contributed by atoms with Gasteiger partial charge in [-0.1, -0.05) is 6.07 Å². The lowest BCUT2D eigenvalue weighted by molar-refractivity contribution is -0.121. The fourth-order valence-corrected chi connectivity index (χ4v) is 1.72. The van der Waals surface area contributed by atoms with Crippen LogP contribution in [0.2, 0.25) is 0 Å². The molecule has 6 heteroatoms. The quantitative estimate of drug-likeness (QED) is 0.859. The summed E-state index contributed by atoms with van der Waals surface area (Å²) in [5.74, 6) is -1.48. The third-order valence-electron chi connectivity index (χ3n) is 2.79. The molecule has 1 heterocycles. The first kappa shape index (κ1) is 14.9. The molecule has 21 heavy (non-hydrogen) atoms. The minimum atomic E-state index is -0.677. The highest BCUT2D eigenvalue weighted by atomic mass is 19.1. The Morgan fingerprint density at radius 3 is 2.76 bits per heavy atom. The van der Waals surface area contributed by atoms with Gasteiger partial charge in [-0.15, -0.1) is 0 Å². The highest BCUT2D eigenvalue weighted by molar-refractivity contribution is 5.76. The highest BCUT2D eigenvalue weighted by Gasteiger charge is 2.05. The molecule has 0 aliphatic rings. The summed E-state index contributed by atoms with van der Waals surface area (Å²) in [5, 5.41) is 5.46. The number of carbonyl (C=O) groups is 1. The SMILES string of the molecule is O=C(CCNc1ccc(F)cc1F)NCc1ccccn1. The summed E-state index contributed by atoms with van der Waals surface area (Å²) in [5.41, 5.74) is 0.942. The Kier molecular flexibility index (Phi) is 5.20. The first-order chi connectivity index (χ1) is 10.1. The van der Waals surface area contributed by atoms with Crippen molar-refractivity contribution in [1.29, 1.82) is 0 Å². The number of nitrogens with zero attached hydrogens (tertiary/aromatic N) is 1. The second-order valence-corrected chi connectivity index (χ2v) is 4.40. The number of amides is 1. The van der Waals surface area contributed by atoms with E-state index in [1.54, 1.807) is 12.3 Å². The molecule has 0 unspecified atom stereocenters. The molecule has 2 rings (SSSR count). The summed E-state index contributed by atoms with van der Waals surface area (Å²) in [7, 11) is 0. The molecule has 4 nitrogen and oxygen atoms in total. The van der Waals surface area contributed by atoms with Crippen molar-refractivity contribution in [3.63, 3.8) is 0 Å². The van der Waals surface area contributed by atoms with E-state index in [0.717, 1.165) is 17.8 Å². The molecule has 0 aliphatic heterocycles. The molecular formula is C15H15F2N3O. The van der Waals surface area contributed by atoms with Crippen molar-refractivity contribution in [2.75, 3.05) is 11.9 Å². The van der Waals surface area contributed by atoms with Gasteiger partial charge >= 0.3 is 0 Å². The zero-order chi connectivity index (χ0) is 15.1. The molecule has 1 aromatic heterocycles. The van der Waals surface area contributed by atoms with Crippen molar-refractivity contribution in [2.24, 2.45) is 0 Å². The van der Waals surface area contributed by atoms with Crippen LogP contribution in [0.15, 0.2) is 42.6 Å². The maximum absolute atomic E-state index is 13.3. The van der Waals surface area contributed by atoms with Crippen LogP contribution in [-0.4, -0.2) is 17.4 Å². The standard InChI is InChI=1S/C15H15F2N3O/c16-11-4-5-14(13(17)9-11)19-8-6-15(21)20-10-12-3-1-2-7-18-12/h1-5,7,9,19H,6,8,10H2,(H,20,21). The first-order valence-electron chi connectivity index (χ1n) is 6.50. The Balaban J connectivity index is 1.72. The summed E-state index contributed by atoms with van der Waals surface area (Å²) in [4.78, 5) is 15.7. The number of rotatable bonds is 6. The first-order valence-corrected chi connectivity index (χ1v) is 6.50. The van der Waals surface area contributed by atoms with Crippen molar-refractivity contribution in [1.82, 2.24) is 10.3 Å². The lowest BCUT2D eigenvalue weighted by Crippen LogP contribution is -2.25. The lowest BCUT2D eigenvalue weighted by atomic mass is 10.3. The van der Waals surface area contributed by atoms with Crippen LogP contribution < -0.4 is 10.6 Å². The number of aromatic nitrogens is 1. The third-order valence-corrected chi connectivity index (χ3v) is 2.79. The fraction of sp³-hybridized carbons (Fsp3) is 0.200. The molecular weight excluding hydrogens is 276 g/mol. The Morgan fingerprint density at radius 2 is 2.05 bits per heavy atom. The summed E-state index contributed by atoms with van der Waals surface area (Å²) in [6.45, 7) is 0.612. The summed E-state index contributed by atoms with van der Waals surface area (Å²) < 4.78 is 26.1. The number of halogens is 2. The smallest absolute Gasteiger partial charge is 0.222 e. The average molecular weight is 291 g/mol. The number of nitrogens with one attached hydrogen (secondary N) is 2. The van der Waals surface area contributed by atoms with E-state index in [1.165, 1.54) is 6.07 Å². The predicted molar refractivity (Wildman–Crippen MR) is 75.5 cm³/mol. The van der Waals surface area contributed by atoms with Gasteiger partial charge < -0.3 is 10.6 Å². The second-order valence-electron chi connectivity index (χ2n) is 4.40. The molecule has 0 fully saturated rings. The Morgan fingerprint density at radius 1 is 1.19 bits per heavy atom. The van der Waals surface area contributed by atoms with Gasteiger partial charge in [0.1, 0.15) is 11.6 Å². The molecule has 1 aromatic carbocycles. The van der Waals surface area contributed by atoms with E-state index in [1.807, 2.05) is 12.1 Å². The van der Waals surface area contributed by atoms with Crippen LogP contribution in [0, 0.1) is 11.6 Å². The fourth-order valence-electron chi connectivity index (χ4n) is 1.72. The van der Waals surface area contributed by atoms with Gasteiger partial charge in [0, 0.05) is 25.2 Å². The van der Waals surface area contributed by atoms with Crippen molar-refractivity contribution in [3.8, 4) is 0 Å². The topological polar surface area (TPSA) is 54.0 Å². The molecule has 0 spiro atoms. The van der Waals surface area contributed by atoms with Gasteiger partial charge in [0.2, 0.25) is 5.91 Å². The largest absolute Gasteiger partial charge is 0.382 e. The van der Waals surface area contributed by atoms with E-state index in [4.69, 9.17) is 0 Å². The Hall–Kier alpha value is -2.50. The summed E-state index contributed by atoms with van der Waals surface area (Å²) >= 11 is 0. The van der Waals surface area contributed by atoms with E-state index < -0.39 is 11.6 Å². The lowest BCUT2D eigenvalue weighted by Gasteiger charge is -2.08. The molecule has 1 amide bonds. The number of anilines is 1. The summed E-state index contributed by atoms with van der Waals surface area (Å²) in [6.07, 6.45) is 1.84. The van der Waals surface area contributed by atoms with Crippen LogP contribution in [0.5, 0.6) is 0 Å². The van der Waals surface area contributed by atoms with Gasteiger partial charge in [-0.05, 0) is 24.3 Å². The van der Waals surface area contributed by atoms with Gasteiger partial charge in [-0.3, -0.25) is 9.78 Å². The molecule has 110 valence electrons. The number of benzene rings is 1. The van der Waals surface area contributed by atoms with Gasteiger partial charge in [0.25, 0.3) is 0 Å². The van der Waals surface area contributed by atoms with Crippen LogP contribution in [0.1, 0.15) is 12.1 Å². The average Bonchev–Trinajstić information content (AvgIpc) is 2.48. The molecule has 0 radical (unpaired) electrons. The van der Waals surface area contributed by atoms with Gasteiger partial charge in [0.15, 0.2) is 0 Å². The normalized spacial score (nSPS) is 10.2. The van der Waals surface area contributed by atoms with Crippen LogP contribution >= 0.6 is 0 Å². The van der Waals surface area contributed by atoms with Crippen LogP contribution in [0.3, 0.4) is 0 Å². The van der Waals surface area contributed by atoms with E-state index in [-0.39, 0.29) is 24.6 Å². The van der Waals surface area contributed by atoms with Crippen LogP contribution in [0.25, 0.3) is 0 Å². The maximum Gasteiger partial charge on any atom is 0.222 e. The van der Waals surface area contributed by atoms with E-state index in [0.29, 0.717) is 6.54 Å². The molecule has 2 N–H and O–H groups in total. The molecule has 0 saturated carbocycles. The maximum atomic E-state index is 13.3. The zero-order valence-corrected chi connectivity index (χ0v) is 11.3. The second kappa shape index (κ2) is 7.33. The number of carbonyl (C=O) groups excluding carboxylic acids is 1. The van der Waals surface area contributed by atoms with Gasteiger partial charge in [-0.2, -0.15) is 0 Å². The minimum absolute atomic E-state index is 0.171. The Bertz CT molecular complexity index is 605. The van der Waals surface area contributed by atoms with Gasteiger partial charge in [0.05, 0.1) is 17.9 Å². The van der Waals surface area contributed by atoms with Crippen molar-refractivity contribution >= 4 is 11.6 Å². The minimum Gasteiger partial charge on any atom is -0.382 e. The van der Waals surface area contributed by atoms with Gasteiger partial charge in [-0.25, -0.2) is 8.78 Å². The summed E-state index contributed by atoms with van der Waals surface area (Å²) in [6, 6.07) is 8.71. The zero-order valence-electron chi connectivity index (χ0n) is 11.3. The molecule has 0 aliphatic carbocycles. The number of hydrogen-bond acceptors (Lipinski definition) is 3. The molecule has 2 aromatic rings. The highest BCUT2D eigenvalue weighted by Crippen LogP contribution is 2.14. The predicted octanol–water partition coefficient (Wildman–Crippen LogP) is 2.48. The third kappa shape index (κ3) is 4.83. The van der Waals surface area contributed by atoms with Crippen molar-refractivity contribution in [2.45, 2.75) is 13.0 Å². The molecule has 0 saturated heterocycles. The number of hydrogen-bond donors (Lipinski definition) is 2. The van der Waals surface area contributed by atoms with E-state index in [9.17, 15) is 13.6 Å².